The number of ether oxygens (including phenoxy) is 2. The molecule has 1 heterocycles. The maximum atomic E-state index is 11.6. The molecule has 1 N–H and O–H groups in total. The van der Waals surface area contributed by atoms with Crippen LogP contribution in [0.4, 0.5) is 0 Å². The minimum absolute atomic E-state index is 0.0999. The molecule has 92 valence electrons. The van der Waals surface area contributed by atoms with E-state index in [0.717, 1.165) is 25.0 Å². The molecule has 0 bridgehead atoms. The highest BCUT2D eigenvalue weighted by atomic mass is 16.7. The largest absolute Gasteiger partial charge is 0.419 e. The molecule has 0 aromatic heterocycles. The Kier molecular flexibility index (Phi) is 2.92. The fourth-order valence-electron chi connectivity index (χ4n) is 1.75. The quantitative estimate of drug-likeness (QED) is 0.446. The smallest absolute Gasteiger partial charge is 0.350 e. The van der Waals surface area contributed by atoms with Crippen molar-refractivity contribution in [3.8, 4) is 0 Å². The van der Waals surface area contributed by atoms with Gasteiger partial charge in [-0.05, 0) is 19.3 Å². The molecule has 1 fully saturated rings. The molecule has 0 unspecified atom stereocenters. The van der Waals surface area contributed by atoms with E-state index in [1.807, 2.05) is 6.08 Å². The van der Waals surface area contributed by atoms with Crippen molar-refractivity contribution in [3.63, 3.8) is 0 Å². The van der Waals surface area contributed by atoms with Crippen molar-refractivity contribution >= 4 is 11.9 Å². The highest BCUT2D eigenvalue weighted by Gasteiger charge is 2.38. The molecule has 0 amide bonds. The summed E-state index contributed by atoms with van der Waals surface area (Å²) in [5, 5.41) is 2.94. The Labute approximate surface area is 99.5 Å². The normalized spacial score (nSPS) is 22.7. The fourth-order valence-corrected chi connectivity index (χ4v) is 1.75. The van der Waals surface area contributed by atoms with Crippen LogP contribution in [0.1, 0.15) is 33.1 Å². The van der Waals surface area contributed by atoms with Gasteiger partial charge in [0.15, 0.2) is 5.57 Å². The van der Waals surface area contributed by atoms with Gasteiger partial charge in [-0.2, -0.15) is 0 Å². The van der Waals surface area contributed by atoms with Gasteiger partial charge < -0.3 is 14.8 Å². The van der Waals surface area contributed by atoms with Crippen molar-refractivity contribution in [1.29, 1.82) is 0 Å². The lowest BCUT2D eigenvalue weighted by molar-refractivity contribution is -0.222. The maximum Gasteiger partial charge on any atom is 0.350 e. The van der Waals surface area contributed by atoms with Crippen molar-refractivity contribution in [2.24, 2.45) is 0 Å². The second-order valence-corrected chi connectivity index (χ2v) is 4.50. The van der Waals surface area contributed by atoms with E-state index in [-0.39, 0.29) is 5.57 Å². The summed E-state index contributed by atoms with van der Waals surface area (Å²) in [6.45, 7) is 3.04. The molecule has 17 heavy (non-hydrogen) atoms. The van der Waals surface area contributed by atoms with Crippen LogP contribution in [0.3, 0.4) is 0 Å². The van der Waals surface area contributed by atoms with E-state index in [0.29, 0.717) is 0 Å². The van der Waals surface area contributed by atoms with E-state index >= 15 is 0 Å². The second-order valence-electron chi connectivity index (χ2n) is 4.50. The first kappa shape index (κ1) is 11.7. The number of cyclic esters (lactones) is 2. The molecular weight excluding hydrogens is 222 g/mol. The lowest BCUT2D eigenvalue weighted by atomic mass is 10.2. The van der Waals surface area contributed by atoms with Crippen LogP contribution in [-0.4, -0.2) is 17.7 Å². The van der Waals surface area contributed by atoms with Gasteiger partial charge in [-0.15, -0.1) is 0 Å². The zero-order chi connectivity index (χ0) is 12.5. The number of allylic oxidation sites excluding steroid dienone is 2. The lowest BCUT2D eigenvalue weighted by Gasteiger charge is -2.29. The van der Waals surface area contributed by atoms with Crippen molar-refractivity contribution < 1.29 is 19.1 Å². The number of esters is 2. The standard InChI is InChI=1S/C12H15NO4/c1-12(2)16-10(14)9(11(15)17-12)7-13-8-5-3-4-6-8/h5,7,13H,3-4,6H2,1-2H3. The van der Waals surface area contributed by atoms with Crippen LogP contribution in [0.2, 0.25) is 0 Å². The predicted octanol–water partition coefficient (Wildman–Crippen LogP) is 1.36. The molecule has 0 aromatic rings. The van der Waals surface area contributed by atoms with Gasteiger partial charge in [-0.25, -0.2) is 9.59 Å². The van der Waals surface area contributed by atoms with Crippen LogP contribution >= 0.6 is 0 Å². The van der Waals surface area contributed by atoms with Crippen LogP contribution in [0.15, 0.2) is 23.5 Å². The third-order valence-corrected chi connectivity index (χ3v) is 2.56. The van der Waals surface area contributed by atoms with E-state index in [1.165, 1.54) is 20.0 Å². The monoisotopic (exact) mass is 237 g/mol. The topological polar surface area (TPSA) is 64.6 Å². The zero-order valence-electron chi connectivity index (χ0n) is 9.91. The first-order chi connectivity index (χ1) is 7.98. The number of hydrogen-bond acceptors (Lipinski definition) is 5. The molecule has 1 saturated heterocycles. The van der Waals surface area contributed by atoms with E-state index in [2.05, 4.69) is 5.32 Å². The van der Waals surface area contributed by atoms with Crippen LogP contribution in [0.25, 0.3) is 0 Å². The van der Waals surface area contributed by atoms with Gasteiger partial charge in [0.05, 0.1) is 0 Å². The van der Waals surface area contributed by atoms with E-state index in [9.17, 15) is 9.59 Å². The Morgan fingerprint density at radius 3 is 2.47 bits per heavy atom. The van der Waals surface area contributed by atoms with Gasteiger partial charge in [0.1, 0.15) is 0 Å². The second kappa shape index (κ2) is 4.24. The summed E-state index contributed by atoms with van der Waals surface area (Å²) in [6, 6.07) is 0. The van der Waals surface area contributed by atoms with Crippen LogP contribution in [-0.2, 0) is 19.1 Å². The van der Waals surface area contributed by atoms with Gasteiger partial charge in [0, 0.05) is 25.7 Å². The highest BCUT2D eigenvalue weighted by molar-refractivity contribution is 6.15. The van der Waals surface area contributed by atoms with Gasteiger partial charge in [0.2, 0.25) is 0 Å². The number of carbonyl (C=O) groups is 2. The molecule has 0 atom stereocenters. The maximum absolute atomic E-state index is 11.6. The molecular formula is C12H15NO4. The molecule has 2 rings (SSSR count). The summed E-state index contributed by atoms with van der Waals surface area (Å²) in [5.41, 5.74) is 0.917. The zero-order valence-corrected chi connectivity index (χ0v) is 9.91. The van der Waals surface area contributed by atoms with E-state index in [4.69, 9.17) is 9.47 Å². The highest BCUT2D eigenvalue weighted by Crippen LogP contribution is 2.22. The number of carbonyl (C=O) groups excluding carboxylic acids is 2. The SMILES string of the molecule is CC1(C)OC(=O)C(=CNC2=CCCC2)C(=O)O1. The van der Waals surface area contributed by atoms with Crippen LogP contribution in [0, 0.1) is 0 Å². The van der Waals surface area contributed by atoms with Gasteiger partial charge in [-0.1, -0.05) is 6.08 Å². The van der Waals surface area contributed by atoms with Crippen molar-refractivity contribution in [2.45, 2.75) is 38.9 Å². The van der Waals surface area contributed by atoms with Crippen LogP contribution in [0.5, 0.6) is 0 Å². The van der Waals surface area contributed by atoms with E-state index in [1.54, 1.807) is 0 Å². The molecule has 1 aliphatic heterocycles. The minimum Gasteiger partial charge on any atom is -0.419 e. The summed E-state index contributed by atoms with van der Waals surface area (Å²) in [6.07, 6.45) is 6.44. The third-order valence-electron chi connectivity index (χ3n) is 2.56. The Morgan fingerprint density at radius 1 is 1.29 bits per heavy atom. The molecule has 2 aliphatic rings. The minimum atomic E-state index is -1.18. The predicted molar refractivity (Wildman–Crippen MR) is 59.4 cm³/mol. The van der Waals surface area contributed by atoms with Gasteiger partial charge in [-0.3, -0.25) is 0 Å². The molecule has 1 aliphatic carbocycles. The summed E-state index contributed by atoms with van der Waals surface area (Å²) in [5.74, 6) is -2.49. The number of rotatable bonds is 2. The van der Waals surface area contributed by atoms with Crippen molar-refractivity contribution in [3.05, 3.63) is 23.5 Å². The molecule has 5 nitrogen and oxygen atoms in total. The number of hydrogen-bond donors (Lipinski definition) is 1. The van der Waals surface area contributed by atoms with E-state index < -0.39 is 17.7 Å². The first-order valence-electron chi connectivity index (χ1n) is 5.60. The molecule has 0 radical (unpaired) electrons. The number of nitrogens with one attached hydrogen (secondary N) is 1. The summed E-state index contributed by atoms with van der Waals surface area (Å²) >= 11 is 0. The Hall–Kier alpha value is -1.78. The lowest BCUT2D eigenvalue weighted by Crippen LogP contribution is -2.42. The Balaban J connectivity index is 2.07. The molecule has 5 heteroatoms. The van der Waals surface area contributed by atoms with Gasteiger partial charge in [0.25, 0.3) is 5.79 Å². The molecule has 0 aromatic carbocycles. The molecule has 0 spiro atoms. The van der Waals surface area contributed by atoms with Crippen molar-refractivity contribution in [2.75, 3.05) is 0 Å². The molecule has 0 saturated carbocycles. The Bertz CT molecular complexity index is 398. The summed E-state index contributed by atoms with van der Waals surface area (Å²) < 4.78 is 9.92. The van der Waals surface area contributed by atoms with Crippen molar-refractivity contribution in [1.82, 2.24) is 5.32 Å². The average Bonchev–Trinajstić information content (AvgIpc) is 2.67. The first-order valence-corrected chi connectivity index (χ1v) is 5.60. The van der Waals surface area contributed by atoms with Crippen LogP contribution < -0.4 is 5.32 Å². The Morgan fingerprint density at radius 2 is 1.94 bits per heavy atom. The third kappa shape index (κ3) is 2.67. The summed E-state index contributed by atoms with van der Waals surface area (Å²) in [4.78, 5) is 23.1. The fraction of sp³-hybridized carbons (Fsp3) is 0.500. The van der Waals surface area contributed by atoms with Gasteiger partial charge >= 0.3 is 11.9 Å². The average molecular weight is 237 g/mol. The summed E-state index contributed by atoms with van der Waals surface area (Å²) in [7, 11) is 0.